The zero-order valence-corrected chi connectivity index (χ0v) is 10.3. The molecule has 0 bridgehead atoms. The lowest BCUT2D eigenvalue weighted by atomic mass is 10.2. The third-order valence-electron chi connectivity index (χ3n) is 1.99. The molecule has 0 rings (SSSR count). The Balaban J connectivity index is 0. The van der Waals surface area contributed by atoms with Gasteiger partial charge in [-0.25, -0.2) is 0 Å². The standard InChI is InChI=1S/C9H21NO.C2H6/c1-9(2)10(3)7-5-6-8-11-4;1-2/h9H,5-8H2,1-4H3;1-2H3. The molecule has 0 aliphatic rings. The minimum Gasteiger partial charge on any atom is -0.385 e. The van der Waals surface area contributed by atoms with Gasteiger partial charge in [0, 0.05) is 19.8 Å². The van der Waals surface area contributed by atoms with E-state index in [1.807, 2.05) is 13.8 Å². The highest BCUT2D eigenvalue weighted by molar-refractivity contribution is 4.56. The van der Waals surface area contributed by atoms with Crippen molar-refractivity contribution in [2.75, 3.05) is 27.3 Å². The summed E-state index contributed by atoms with van der Waals surface area (Å²) in [6.07, 6.45) is 2.41. The van der Waals surface area contributed by atoms with Crippen LogP contribution in [0.1, 0.15) is 40.5 Å². The fourth-order valence-corrected chi connectivity index (χ4v) is 0.866. The number of nitrogens with zero attached hydrogens (tertiary/aromatic N) is 1. The molecule has 0 heterocycles. The molecule has 2 heteroatoms. The van der Waals surface area contributed by atoms with E-state index in [0.717, 1.165) is 6.61 Å². The quantitative estimate of drug-likeness (QED) is 0.596. The summed E-state index contributed by atoms with van der Waals surface area (Å²) >= 11 is 0. The van der Waals surface area contributed by atoms with Crippen LogP contribution in [0.5, 0.6) is 0 Å². The molecule has 0 N–H and O–H groups in total. The molecule has 0 radical (unpaired) electrons. The van der Waals surface area contributed by atoms with Gasteiger partial charge in [-0.1, -0.05) is 13.8 Å². The first-order chi connectivity index (χ1) is 6.18. The Hall–Kier alpha value is -0.0800. The molecule has 82 valence electrons. The summed E-state index contributed by atoms with van der Waals surface area (Å²) in [4.78, 5) is 2.36. The summed E-state index contributed by atoms with van der Waals surface area (Å²) in [5.41, 5.74) is 0. The predicted octanol–water partition coefficient (Wildman–Crippen LogP) is 2.78. The van der Waals surface area contributed by atoms with E-state index in [1.165, 1.54) is 19.4 Å². The van der Waals surface area contributed by atoms with Gasteiger partial charge in [-0.15, -0.1) is 0 Å². The SMILES string of the molecule is CC.COCCCCN(C)C(C)C. The van der Waals surface area contributed by atoms with Crippen LogP contribution in [-0.4, -0.2) is 38.3 Å². The molecule has 0 atom stereocenters. The summed E-state index contributed by atoms with van der Waals surface area (Å²) in [5.74, 6) is 0. The van der Waals surface area contributed by atoms with Gasteiger partial charge in [-0.05, 0) is 40.3 Å². The van der Waals surface area contributed by atoms with Gasteiger partial charge in [0.05, 0.1) is 0 Å². The molecule has 0 aromatic rings. The minimum absolute atomic E-state index is 0.664. The highest BCUT2D eigenvalue weighted by Crippen LogP contribution is 1.97. The van der Waals surface area contributed by atoms with E-state index in [2.05, 4.69) is 25.8 Å². The van der Waals surface area contributed by atoms with Crippen LogP contribution in [0.25, 0.3) is 0 Å². The van der Waals surface area contributed by atoms with Crippen molar-refractivity contribution in [3.05, 3.63) is 0 Å². The van der Waals surface area contributed by atoms with Gasteiger partial charge in [0.25, 0.3) is 0 Å². The molecule has 2 nitrogen and oxygen atoms in total. The van der Waals surface area contributed by atoms with E-state index in [9.17, 15) is 0 Å². The molecule has 0 aliphatic carbocycles. The van der Waals surface area contributed by atoms with Gasteiger partial charge < -0.3 is 9.64 Å². The van der Waals surface area contributed by atoms with Crippen molar-refractivity contribution in [2.24, 2.45) is 0 Å². The summed E-state index contributed by atoms with van der Waals surface area (Å²) in [7, 11) is 3.92. The lowest BCUT2D eigenvalue weighted by Crippen LogP contribution is -2.27. The Bertz CT molecular complexity index is 84.2. The molecule has 0 fully saturated rings. The molecule has 0 aromatic carbocycles. The topological polar surface area (TPSA) is 12.5 Å². The number of hydrogen-bond acceptors (Lipinski definition) is 2. The molecule has 13 heavy (non-hydrogen) atoms. The van der Waals surface area contributed by atoms with Crippen molar-refractivity contribution in [2.45, 2.75) is 46.6 Å². The maximum Gasteiger partial charge on any atom is 0.0462 e. The second-order valence-corrected chi connectivity index (χ2v) is 3.27. The fraction of sp³-hybridized carbons (Fsp3) is 1.00. The zero-order chi connectivity index (χ0) is 10.7. The van der Waals surface area contributed by atoms with Gasteiger partial charge in [0.2, 0.25) is 0 Å². The van der Waals surface area contributed by atoms with Crippen LogP contribution < -0.4 is 0 Å². The van der Waals surface area contributed by atoms with E-state index in [0.29, 0.717) is 6.04 Å². The van der Waals surface area contributed by atoms with Crippen LogP contribution in [0.15, 0.2) is 0 Å². The largest absolute Gasteiger partial charge is 0.385 e. The number of hydrogen-bond donors (Lipinski definition) is 0. The summed E-state index contributed by atoms with van der Waals surface area (Å²) in [6.45, 7) is 10.5. The first-order valence-electron chi connectivity index (χ1n) is 5.37. The maximum absolute atomic E-state index is 4.97. The van der Waals surface area contributed by atoms with Crippen molar-refractivity contribution < 1.29 is 4.74 Å². The van der Waals surface area contributed by atoms with Crippen LogP contribution in [-0.2, 0) is 4.74 Å². The molecule has 0 aliphatic heterocycles. The molecule has 0 saturated heterocycles. The minimum atomic E-state index is 0.664. The summed E-state index contributed by atoms with van der Waals surface area (Å²) in [5, 5.41) is 0. The van der Waals surface area contributed by atoms with Crippen LogP contribution >= 0.6 is 0 Å². The molecule has 0 aromatic heterocycles. The first-order valence-corrected chi connectivity index (χ1v) is 5.37. The van der Waals surface area contributed by atoms with Crippen molar-refractivity contribution in [1.82, 2.24) is 4.90 Å². The van der Waals surface area contributed by atoms with Crippen LogP contribution in [0, 0.1) is 0 Å². The van der Waals surface area contributed by atoms with Gasteiger partial charge in [0.1, 0.15) is 0 Å². The van der Waals surface area contributed by atoms with E-state index < -0.39 is 0 Å². The summed E-state index contributed by atoms with van der Waals surface area (Å²) in [6, 6.07) is 0.664. The third-order valence-corrected chi connectivity index (χ3v) is 1.99. The normalized spacial score (nSPS) is 10.2. The molecule has 0 unspecified atom stereocenters. The van der Waals surface area contributed by atoms with Crippen LogP contribution in [0.2, 0.25) is 0 Å². The number of rotatable bonds is 6. The number of methoxy groups -OCH3 is 1. The third kappa shape index (κ3) is 11.9. The van der Waals surface area contributed by atoms with Crippen molar-refractivity contribution in [3.8, 4) is 0 Å². The highest BCUT2D eigenvalue weighted by atomic mass is 16.5. The number of ether oxygens (including phenoxy) is 1. The van der Waals surface area contributed by atoms with Crippen molar-refractivity contribution in [1.29, 1.82) is 0 Å². The lowest BCUT2D eigenvalue weighted by Gasteiger charge is -2.20. The van der Waals surface area contributed by atoms with Gasteiger partial charge in [0.15, 0.2) is 0 Å². The Labute approximate surface area is 84.3 Å². The summed E-state index contributed by atoms with van der Waals surface area (Å²) < 4.78 is 4.97. The maximum atomic E-state index is 4.97. The monoisotopic (exact) mass is 189 g/mol. The Morgan fingerprint density at radius 3 is 2.08 bits per heavy atom. The van der Waals surface area contributed by atoms with E-state index in [1.54, 1.807) is 7.11 Å². The first kappa shape index (κ1) is 15.4. The molecule has 0 amide bonds. The smallest absolute Gasteiger partial charge is 0.0462 e. The Morgan fingerprint density at radius 2 is 1.69 bits per heavy atom. The second-order valence-electron chi connectivity index (χ2n) is 3.27. The van der Waals surface area contributed by atoms with E-state index >= 15 is 0 Å². The predicted molar refractivity (Wildman–Crippen MR) is 60.2 cm³/mol. The van der Waals surface area contributed by atoms with Crippen LogP contribution in [0.4, 0.5) is 0 Å². The molecular formula is C11H27NO. The second kappa shape index (κ2) is 11.9. The average Bonchev–Trinajstić information content (AvgIpc) is 2.15. The average molecular weight is 189 g/mol. The van der Waals surface area contributed by atoms with E-state index in [4.69, 9.17) is 4.74 Å². The zero-order valence-electron chi connectivity index (χ0n) is 10.3. The Kier molecular flexibility index (Phi) is 14.1. The van der Waals surface area contributed by atoms with Crippen LogP contribution in [0.3, 0.4) is 0 Å². The molecule has 0 saturated carbocycles. The number of unbranched alkanes of at least 4 members (excludes halogenated alkanes) is 1. The van der Waals surface area contributed by atoms with Gasteiger partial charge in [-0.3, -0.25) is 0 Å². The van der Waals surface area contributed by atoms with E-state index in [-0.39, 0.29) is 0 Å². The lowest BCUT2D eigenvalue weighted by molar-refractivity contribution is 0.183. The Morgan fingerprint density at radius 1 is 1.15 bits per heavy atom. The van der Waals surface area contributed by atoms with Crippen molar-refractivity contribution >= 4 is 0 Å². The fourth-order valence-electron chi connectivity index (χ4n) is 0.866. The molecule has 0 spiro atoms. The van der Waals surface area contributed by atoms with Gasteiger partial charge in [-0.2, -0.15) is 0 Å². The van der Waals surface area contributed by atoms with Crippen molar-refractivity contribution in [3.63, 3.8) is 0 Å². The highest BCUT2D eigenvalue weighted by Gasteiger charge is 2.00. The van der Waals surface area contributed by atoms with Gasteiger partial charge >= 0.3 is 0 Å². The molecular weight excluding hydrogens is 162 g/mol.